The quantitative estimate of drug-likeness (QED) is 0.721. The van der Waals surface area contributed by atoms with E-state index in [0.29, 0.717) is 12.1 Å². The molecule has 1 rings (SSSR count). The van der Waals surface area contributed by atoms with E-state index in [-0.39, 0.29) is 0 Å². The normalized spacial score (nSPS) is 15.7. The lowest BCUT2D eigenvalue weighted by molar-refractivity contribution is 0.0103. The van der Waals surface area contributed by atoms with Crippen molar-refractivity contribution in [1.29, 1.82) is 0 Å². The van der Waals surface area contributed by atoms with Crippen LogP contribution >= 0.6 is 0 Å². The third kappa shape index (κ3) is 2.54. The summed E-state index contributed by atoms with van der Waals surface area (Å²) in [6, 6.07) is 1.71. The van der Waals surface area contributed by atoms with E-state index in [9.17, 15) is 10.2 Å². The van der Waals surface area contributed by atoms with E-state index >= 15 is 0 Å². The first-order chi connectivity index (χ1) is 6.15. The van der Waals surface area contributed by atoms with Crippen LogP contribution in [0.25, 0.3) is 0 Å². The van der Waals surface area contributed by atoms with Crippen LogP contribution in [0.4, 0.5) is 0 Å². The topological polar surface area (TPSA) is 58.3 Å². The van der Waals surface area contributed by atoms with Gasteiger partial charge < -0.3 is 10.2 Å². The van der Waals surface area contributed by atoms with Crippen molar-refractivity contribution >= 4 is 0 Å². The van der Waals surface area contributed by atoms with E-state index < -0.39 is 12.2 Å². The molecule has 0 aliphatic heterocycles. The molecule has 74 valence electrons. The molecule has 0 radical (unpaired) electrons. The Morgan fingerprint density at radius 2 is 2.23 bits per heavy atom. The largest absolute Gasteiger partial charge is 0.390 e. The summed E-state index contributed by atoms with van der Waals surface area (Å²) in [5.41, 5.74) is 0.531. The van der Waals surface area contributed by atoms with Crippen LogP contribution in [0.3, 0.4) is 0 Å². The first-order valence-corrected chi connectivity index (χ1v) is 4.50. The van der Waals surface area contributed by atoms with Gasteiger partial charge in [-0.1, -0.05) is 13.3 Å². The average Bonchev–Trinajstić information content (AvgIpc) is 2.51. The summed E-state index contributed by atoms with van der Waals surface area (Å²) < 4.78 is 1.61. The van der Waals surface area contributed by atoms with Crippen LogP contribution < -0.4 is 0 Å². The molecule has 4 heteroatoms. The standard InChI is InChI=1S/C9H16N2O2/c1-3-4-8(12)9(13)7-5-6-11(2)10-7/h5-6,8-9,12-13H,3-4H2,1-2H3. The van der Waals surface area contributed by atoms with Gasteiger partial charge >= 0.3 is 0 Å². The van der Waals surface area contributed by atoms with Crippen LogP contribution in [0.1, 0.15) is 31.6 Å². The third-order valence-electron chi connectivity index (χ3n) is 1.99. The molecule has 0 aliphatic carbocycles. The highest BCUT2D eigenvalue weighted by Crippen LogP contribution is 2.17. The Labute approximate surface area is 77.8 Å². The fourth-order valence-corrected chi connectivity index (χ4v) is 1.24. The van der Waals surface area contributed by atoms with Gasteiger partial charge in [0.2, 0.25) is 0 Å². The Morgan fingerprint density at radius 1 is 1.54 bits per heavy atom. The van der Waals surface area contributed by atoms with E-state index in [4.69, 9.17) is 0 Å². The first-order valence-electron chi connectivity index (χ1n) is 4.50. The number of hydrogen-bond acceptors (Lipinski definition) is 3. The summed E-state index contributed by atoms with van der Waals surface area (Å²) >= 11 is 0. The number of aliphatic hydroxyl groups excluding tert-OH is 2. The number of rotatable bonds is 4. The lowest BCUT2D eigenvalue weighted by atomic mass is 10.1. The zero-order valence-corrected chi connectivity index (χ0v) is 8.01. The highest BCUT2D eigenvalue weighted by Gasteiger charge is 2.19. The number of aromatic nitrogens is 2. The second kappa shape index (κ2) is 4.39. The Hall–Kier alpha value is -0.870. The van der Waals surface area contributed by atoms with Gasteiger partial charge in [0, 0.05) is 13.2 Å². The van der Waals surface area contributed by atoms with E-state index in [1.165, 1.54) is 0 Å². The van der Waals surface area contributed by atoms with Crippen LogP contribution in [-0.4, -0.2) is 26.1 Å². The van der Waals surface area contributed by atoms with Crippen molar-refractivity contribution in [2.75, 3.05) is 0 Å². The molecule has 2 atom stereocenters. The van der Waals surface area contributed by atoms with E-state index in [1.807, 2.05) is 6.92 Å². The van der Waals surface area contributed by atoms with Crippen molar-refractivity contribution in [2.45, 2.75) is 32.0 Å². The number of hydrogen-bond donors (Lipinski definition) is 2. The Morgan fingerprint density at radius 3 is 2.69 bits per heavy atom. The fraction of sp³-hybridized carbons (Fsp3) is 0.667. The molecule has 0 saturated carbocycles. The molecule has 1 heterocycles. The van der Waals surface area contributed by atoms with Crippen LogP contribution in [0.2, 0.25) is 0 Å². The molecule has 2 N–H and O–H groups in total. The van der Waals surface area contributed by atoms with Crippen molar-refractivity contribution in [3.8, 4) is 0 Å². The molecule has 0 bridgehead atoms. The van der Waals surface area contributed by atoms with Crippen molar-refractivity contribution < 1.29 is 10.2 Å². The molecular weight excluding hydrogens is 168 g/mol. The van der Waals surface area contributed by atoms with E-state index in [2.05, 4.69) is 5.10 Å². The Bertz CT molecular complexity index is 260. The van der Waals surface area contributed by atoms with Crippen LogP contribution in [-0.2, 0) is 7.05 Å². The highest BCUT2D eigenvalue weighted by atomic mass is 16.3. The molecule has 0 aromatic carbocycles. The second-order valence-corrected chi connectivity index (χ2v) is 3.22. The molecule has 13 heavy (non-hydrogen) atoms. The summed E-state index contributed by atoms with van der Waals surface area (Å²) in [5, 5.41) is 23.1. The van der Waals surface area contributed by atoms with Gasteiger partial charge in [0.15, 0.2) is 0 Å². The van der Waals surface area contributed by atoms with Gasteiger partial charge in [0.1, 0.15) is 6.10 Å². The molecule has 0 saturated heterocycles. The van der Waals surface area contributed by atoms with Crippen molar-refractivity contribution in [1.82, 2.24) is 9.78 Å². The Kier molecular flexibility index (Phi) is 3.45. The predicted octanol–water partition coefficient (Wildman–Crippen LogP) is 0.614. The zero-order valence-electron chi connectivity index (χ0n) is 8.01. The molecule has 1 aromatic rings. The minimum atomic E-state index is -0.860. The lowest BCUT2D eigenvalue weighted by Crippen LogP contribution is -2.18. The number of nitrogens with zero attached hydrogens (tertiary/aromatic N) is 2. The monoisotopic (exact) mass is 184 g/mol. The maximum atomic E-state index is 9.61. The molecule has 0 fully saturated rings. The van der Waals surface area contributed by atoms with Gasteiger partial charge in [-0.25, -0.2) is 0 Å². The van der Waals surface area contributed by atoms with Crippen LogP contribution in [0.15, 0.2) is 12.3 Å². The highest BCUT2D eigenvalue weighted by molar-refractivity contribution is 5.04. The average molecular weight is 184 g/mol. The molecule has 4 nitrogen and oxygen atoms in total. The number of aryl methyl sites for hydroxylation is 1. The molecular formula is C9H16N2O2. The molecule has 0 amide bonds. The van der Waals surface area contributed by atoms with Crippen LogP contribution in [0.5, 0.6) is 0 Å². The Balaban J connectivity index is 2.61. The minimum Gasteiger partial charge on any atom is -0.390 e. The van der Waals surface area contributed by atoms with E-state index in [0.717, 1.165) is 6.42 Å². The smallest absolute Gasteiger partial charge is 0.124 e. The van der Waals surface area contributed by atoms with Crippen molar-refractivity contribution in [3.05, 3.63) is 18.0 Å². The van der Waals surface area contributed by atoms with Gasteiger partial charge in [0.05, 0.1) is 11.8 Å². The minimum absolute atomic E-state index is 0.531. The van der Waals surface area contributed by atoms with Gasteiger partial charge in [0.25, 0.3) is 0 Å². The lowest BCUT2D eigenvalue weighted by Gasteiger charge is -2.14. The summed E-state index contributed by atoms with van der Waals surface area (Å²) in [4.78, 5) is 0. The van der Waals surface area contributed by atoms with Gasteiger partial charge in [-0.15, -0.1) is 0 Å². The fourth-order valence-electron chi connectivity index (χ4n) is 1.24. The van der Waals surface area contributed by atoms with E-state index in [1.54, 1.807) is 24.0 Å². The maximum Gasteiger partial charge on any atom is 0.124 e. The maximum absolute atomic E-state index is 9.61. The molecule has 0 spiro atoms. The summed E-state index contributed by atoms with van der Waals surface area (Å²) in [5.74, 6) is 0. The first kappa shape index (κ1) is 10.2. The molecule has 2 unspecified atom stereocenters. The molecule has 1 aromatic heterocycles. The third-order valence-corrected chi connectivity index (χ3v) is 1.99. The van der Waals surface area contributed by atoms with Gasteiger partial charge in [-0.2, -0.15) is 5.10 Å². The second-order valence-electron chi connectivity index (χ2n) is 3.22. The summed E-state index contributed by atoms with van der Waals surface area (Å²) in [6.07, 6.45) is 1.63. The van der Waals surface area contributed by atoms with Gasteiger partial charge in [-0.05, 0) is 12.5 Å². The zero-order chi connectivity index (χ0) is 9.84. The summed E-state index contributed by atoms with van der Waals surface area (Å²) in [7, 11) is 1.78. The SMILES string of the molecule is CCCC(O)C(O)c1ccn(C)n1. The summed E-state index contributed by atoms with van der Waals surface area (Å²) in [6.45, 7) is 1.97. The van der Waals surface area contributed by atoms with Crippen molar-refractivity contribution in [2.24, 2.45) is 7.05 Å². The predicted molar refractivity (Wildman–Crippen MR) is 49.1 cm³/mol. The van der Waals surface area contributed by atoms with Crippen molar-refractivity contribution in [3.63, 3.8) is 0 Å². The van der Waals surface area contributed by atoms with Gasteiger partial charge in [-0.3, -0.25) is 4.68 Å². The number of aliphatic hydroxyl groups is 2. The molecule has 0 aliphatic rings. The van der Waals surface area contributed by atoms with Crippen LogP contribution in [0, 0.1) is 0 Å².